The van der Waals surface area contributed by atoms with Gasteiger partial charge in [0.1, 0.15) is 6.61 Å². The normalized spacial score (nSPS) is 14.0. The van der Waals surface area contributed by atoms with Gasteiger partial charge in [0, 0.05) is 0 Å². The molecule has 84 valence electrons. The summed E-state index contributed by atoms with van der Waals surface area (Å²) in [6.07, 6.45) is 0. The van der Waals surface area contributed by atoms with Crippen molar-refractivity contribution in [1.29, 1.82) is 0 Å². The Hall–Kier alpha value is -1.00. The smallest absolute Gasteiger partial charge is 0.289 e. The first-order valence-corrected chi connectivity index (χ1v) is 4.70. The molecule has 0 amide bonds. The van der Waals surface area contributed by atoms with Crippen LogP contribution in [0.5, 0.6) is 0 Å². The Balaban J connectivity index is 3.06. The quantitative estimate of drug-likeness (QED) is 0.809. The first-order valence-electron chi connectivity index (χ1n) is 4.70. The van der Waals surface area contributed by atoms with Gasteiger partial charge in [0.05, 0.1) is 6.04 Å². The molecule has 0 heterocycles. The Morgan fingerprint density at radius 3 is 2.47 bits per heavy atom. The van der Waals surface area contributed by atoms with Crippen LogP contribution < -0.4 is 5.73 Å². The first-order chi connectivity index (χ1) is 6.88. The molecule has 0 radical (unpaired) electrons. The van der Waals surface area contributed by atoms with Crippen LogP contribution in [0.4, 0.5) is 8.78 Å². The number of halogens is 2. The van der Waals surface area contributed by atoms with Crippen LogP contribution in [0.2, 0.25) is 0 Å². The fourth-order valence-electron chi connectivity index (χ4n) is 1.50. The Kier molecular flexibility index (Phi) is 3.42. The molecule has 1 rings (SSSR count). The van der Waals surface area contributed by atoms with E-state index in [1.807, 2.05) is 6.92 Å². The number of benzene rings is 1. The summed E-state index contributed by atoms with van der Waals surface area (Å²) in [6, 6.07) is 3.65. The van der Waals surface area contributed by atoms with E-state index in [0.717, 1.165) is 11.1 Å². The lowest BCUT2D eigenvalue weighted by Crippen LogP contribution is -2.36. The molecule has 4 heteroatoms. The van der Waals surface area contributed by atoms with Gasteiger partial charge in [0.25, 0.3) is 5.92 Å². The SMILES string of the molecule is Cc1ccc([C@@H](N)C(F)(F)CO)c(C)c1. The Bertz CT molecular complexity index is 352. The highest BCUT2D eigenvalue weighted by Crippen LogP contribution is 2.30. The molecule has 0 unspecified atom stereocenters. The van der Waals surface area contributed by atoms with Crippen molar-refractivity contribution in [3.63, 3.8) is 0 Å². The summed E-state index contributed by atoms with van der Waals surface area (Å²) in [5.41, 5.74) is 7.51. The Morgan fingerprint density at radius 2 is 2.00 bits per heavy atom. The van der Waals surface area contributed by atoms with Crippen LogP contribution in [-0.2, 0) is 0 Å². The second-order valence-corrected chi connectivity index (χ2v) is 3.76. The lowest BCUT2D eigenvalue weighted by molar-refractivity contribution is -0.0713. The number of aliphatic hydroxyl groups is 1. The van der Waals surface area contributed by atoms with E-state index in [9.17, 15) is 8.78 Å². The highest BCUT2D eigenvalue weighted by atomic mass is 19.3. The molecule has 0 fully saturated rings. The molecular weight excluding hydrogens is 200 g/mol. The number of aliphatic hydroxyl groups excluding tert-OH is 1. The van der Waals surface area contributed by atoms with E-state index in [2.05, 4.69) is 0 Å². The topological polar surface area (TPSA) is 46.2 Å². The zero-order chi connectivity index (χ0) is 11.6. The van der Waals surface area contributed by atoms with Gasteiger partial charge in [-0.1, -0.05) is 23.8 Å². The third-order valence-electron chi connectivity index (χ3n) is 2.43. The van der Waals surface area contributed by atoms with Crippen LogP contribution in [0.15, 0.2) is 18.2 Å². The van der Waals surface area contributed by atoms with Gasteiger partial charge in [0.2, 0.25) is 0 Å². The van der Waals surface area contributed by atoms with Gasteiger partial charge in [-0.05, 0) is 25.0 Å². The van der Waals surface area contributed by atoms with Crippen molar-refractivity contribution in [2.75, 3.05) is 6.61 Å². The number of aryl methyl sites for hydroxylation is 2. The zero-order valence-corrected chi connectivity index (χ0v) is 8.80. The van der Waals surface area contributed by atoms with Crippen LogP contribution in [0.25, 0.3) is 0 Å². The van der Waals surface area contributed by atoms with Gasteiger partial charge in [-0.2, -0.15) is 0 Å². The molecule has 3 N–H and O–H groups in total. The van der Waals surface area contributed by atoms with Crippen LogP contribution >= 0.6 is 0 Å². The molecule has 0 saturated heterocycles. The minimum absolute atomic E-state index is 0.375. The van der Waals surface area contributed by atoms with Gasteiger partial charge in [-0.25, -0.2) is 8.78 Å². The average Bonchev–Trinajstić information content (AvgIpc) is 2.17. The Morgan fingerprint density at radius 1 is 1.40 bits per heavy atom. The van der Waals surface area contributed by atoms with Crippen molar-refractivity contribution in [2.45, 2.75) is 25.8 Å². The summed E-state index contributed by atoms with van der Waals surface area (Å²) in [5, 5.41) is 8.54. The number of hydrogen-bond donors (Lipinski definition) is 2. The van der Waals surface area contributed by atoms with Gasteiger partial charge in [0.15, 0.2) is 0 Å². The molecule has 0 aromatic heterocycles. The van der Waals surface area contributed by atoms with Crippen molar-refractivity contribution in [2.24, 2.45) is 5.73 Å². The van der Waals surface area contributed by atoms with Crippen molar-refractivity contribution < 1.29 is 13.9 Å². The standard InChI is InChI=1S/C11H15F2NO/c1-7-3-4-9(8(2)5-7)10(14)11(12,13)6-15/h3-5,10,15H,6,14H2,1-2H3/t10-/m1/s1. The second-order valence-electron chi connectivity index (χ2n) is 3.76. The number of alkyl halides is 2. The summed E-state index contributed by atoms with van der Waals surface area (Å²) in [4.78, 5) is 0. The summed E-state index contributed by atoms with van der Waals surface area (Å²) in [7, 11) is 0. The van der Waals surface area contributed by atoms with Crippen molar-refractivity contribution in [3.05, 3.63) is 34.9 Å². The van der Waals surface area contributed by atoms with Crippen molar-refractivity contribution in [3.8, 4) is 0 Å². The van der Waals surface area contributed by atoms with E-state index >= 15 is 0 Å². The minimum Gasteiger partial charge on any atom is -0.390 e. The maximum atomic E-state index is 13.1. The molecular formula is C11H15F2NO. The van der Waals surface area contributed by atoms with E-state index in [1.165, 1.54) is 0 Å². The van der Waals surface area contributed by atoms with Crippen molar-refractivity contribution in [1.82, 2.24) is 0 Å². The fraction of sp³-hybridized carbons (Fsp3) is 0.455. The molecule has 0 bridgehead atoms. The molecule has 0 aliphatic carbocycles. The first kappa shape index (κ1) is 12.1. The molecule has 2 nitrogen and oxygen atoms in total. The van der Waals surface area contributed by atoms with Crippen LogP contribution in [0, 0.1) is 13.8 Å². The summed E-state index contributed by atoms with van der Waals surface area (Å²) in [5.74, 6) is -3.28. The largest absolute Gasteiger partial charge is 0.390 e. The highest BCUT2D eigenvalue weighted by molar-refractivity contribution is 5.33. The summed E-state index contributed by atoms with van der Waals surface area (Å²) >= 11 is 0. The highest BCUT2D eigenvalue weighted by Gasteiger charge is 2.37. The molecule has 1 atom stereocenters. The molecule has 0 saturated carbocycles. The third-order valence-corrected chi connectivity index (χ3v) is 2.43. The van der Waals surface area contributed by atoms with Gasteiger partial charge in [-0.3, -0.25) is 0 Å². The van der Waals surface area contributed by atoms with E-state index < -0.39 is 18.6 Å². The number of hydrogen-bond acceptors (Lipinski definition) is 2. The summed E-state index contributed by atoms with van der Waals surface area (Å²) in [6.45, 7) is 2.38. The molecule has 0 aliphatic heterocycles. The second kappa shape index (κ2) is 4.24. The van der Waals surface area contributed by atoms with Crippen LogP contribution in [0.3, 0.4) is 0 Å². The van der Waals surface area contributed by atoms with E-state index in [-0.39, 0.29) is 0 Å². The van der Waals surface area contributed by atoms with Gasteiger partial charge < -0.3 is 10.8 Å². The molecule has 0 spiro atoms. The monoisotopic (exact) mass is 215 g/mol. The maximum absolute atomic E-state index is 13.1. The molecule has 1 aromatic rings. The van der Waals surface area contributed by atoms with Crippen LogP contribution in [0.1, 0.15) is 22.7 Å². The van der Waals surface area contributed by atoms with E-state index in [4.69, 9.17) is 10.8 Å². The van der Waals surface area contributed by atoms with Crippen LogP contribution in [-0.4, -0.2) is 17.6 Å². The lowest BCUT2D eigenvalue weighted by atomic mass is 9.96. The van der Waals surface area contributed by atoms with Gasteiger partial charge in [-0.15, -0.1) is 0 Å². The molecule has 1 aromatic carbocycles. The zero-order valence-electron chi connectivity index (χ0n) is 8.80. The maximum Gasteiger partial charge on any atom is 0.289 e. The third kappa shape index (κ3) is 2.52. The minimum atomic E-state index is -3.28. The summed E-state index contributed by atoms with van der Waals surface area (Å²) < 4.78 is 26.3. The predicted molar refractivity (Wildman–Crippen MR) is 54.9 cm³/mol. The molecule has 15 heavy (non-hydrogen) atoms. The predicted octanol–water partition coefficient (Wildman–Crippen LogP) is 1.93. The van der Waals surface area contributed by atoms with E-state index in [1.54, 1.807) is 25.1 Å². The van der Waals surface area contributed by atoms with Gasteiger partial charge >= 0.3 is 0 Å². The van der Waals surface area contributed by atoms with Crippen molar-refractivity contribution >= 4 is 0 Å². The number of nitrogens with two attached hydrogens (primary N) is 1. The lowest BCUT2D eigenvalue weighted by Gasteiger charge is -2.23. The van der Waals surface area contributed by atoms with E-state index in [0.29, 0.717) is 5.56 Å². The average molecular weight is 215 g/mol. The Labute approximate surface area is 87.7 Å². The molecule has 0 aliphatic rings. The number of rotatable bonds is 3. The fourth-order valence-corrected chi connectivity index (χ4v) is 1.50.